The van der Waals surface area contributed by atoms with Crippen molar-refractivity contribution in [2.75, 3.05) is 29.6 Å². The number of hydrogen-bond acceptors (Lipinski definition) is 4. The first-order valence-corrected chi connectivity index (χ1v) is 10.5. The predicted octanol–water partition coefficient (Wildman–Crippen LogP) is 2.94. The maximum Gasteiger partial charge on any atom is 0.319 e. The van der Waals surface area contributed by atoms with Crippen molar-refractivity contribution < 1.29 is 17.6 Å². The molecule has 2 aromatic rings. The van der Waals surface area contributed by atoms with Gasteiger partial charge < -0.3 is 15.5 Å². The van der Waals surface area contributed by atoms with Gasteiger partial charge in [0.1, 0.15) is 5.82 Å². The standard InChI is InChI=1S/C19H22FN3O3S/c1-13-6-5-8-16(18(13)27(2,25)26)22-19(24)21-14-10-11-23(12-14)17-9-4-3-7-15(17)20/h3-9,14H,10-12H2,1-2H3,(H2,21,22,24). The molecular weight excluding hydrogens is 369 g/mol. The highest BCUT2D eigenvalue weighted by atomic mass is 32.2. The minimum absolute atomic E-state index is 0.111. The van der Waals surface area contributed by atoms with Crippen LogP contribution < -0.4 is 15.5 Å². The number of rotatable bonds is 4. The van der Waals surface area contributed by atoms with Crippen molar-refractivity contribution in [1.82, 2.24) is 5.32 Å². The topological polar surface area (TPSA) is 78.5 Å². The molecule has 1 aliphatic heterocycles. The fraction of sp³-hybridized carbons (Fsp3) is 0.316. The lowest BCUT2D eigenvalue weighted by molar-refractivity contribution is 0.249. The quantitative estimate of drug-likeness (QED) is 0.840. The van der Waals surface area contributed by atoms with Crippen LogP contribution in [0.4, 0.5) is 20.6 Å². The number of para-hydroxylation sites is 1. The molecule has 144 valence electrons. The van der Waals surface area contributed by atoms with Gasteiger partial charge in [0, 0.05) is 25.4 Å². The van der Waals surface area contributed by atoms with E-state index in [2.05, 4.69) is 10.6 Å². The second kappa shape index (κ2) is 7.56. The molecule has 6 nitrogen and oxygen atoms in total. The molecule has 1 unspecified atom stereocenters. The van der Waals surface area contributed by atoms with Gasteiger partial charge in [0.15, 0.2) is 9.84 Å². The number of sulfone groups is 1. The summed E-state index contributed by atoms with van der Waals surface area (Å²) >= 11 is 0. The van der Waals surface area contributed by atoms with E-state index in [0.29, 0.717) is 30.8 Å². The van der Waals surface area contributed by atoms with E-state index in [4.69, 9.17) is 0 Å². The molecule has 1 atom stereocenters. The van der Waals surface area contributed by atoms with E-state index >= 15 is 0 Å². The summed E-state index contributed by atoms with van der Waals surface area (Å²) in [6, 6.07) is 10.8. The molecule has 1 heterocycles. The molecule has 8 heteroatoms. The molecule has 0 spiro atoms. The third kappa shape index (κ3) is 4.39. The van der Waals surface area contributed by atoms with Crippen LogP contribution in [0.2, 0.25) is 0 Å². The summed E-state index contributed by atoms with van der Waals surface area (Å²) in [7, 11) is -3.48. The second-order valence-corrected chi connectivity index (χ2v) is 8.66. The Bertz CT molecular complexity index is 962. The van der Waals surface area contributed by atoms with Crippen LogP contribution in [-0.2, 0) is 9.84 Å². The lowest BCUT2D eigenvalue weighted by Gasteiger charge is -2.20. The van der Waals surface area contributed by atoms with E-state index in [1.165, 1.54) is 6.07 Å². The fourth-order valence-corrected chi connectivity index (χ4v) is 4.56. The Labute approximate surface area is 158 Å². The van der Waals surface area contributed by atoms with Gasteiger partial charge in [-0.1, -0.05) is 24.3 Å². The number of halogens is 1. The van der Waals surface area contributed by atoms with E-state index in [0.717, 1.165) is 6.26 Å². The highest BCUT2D eigenvalue weighted by molar-refractivity contribution is 7.91. The summed E-state index contributed by atoms with van der Waals surface area (Å²) in [6.07, 6.45) is 1.79. The Morgan fingerprint density at radius 3 is 2.63 bits per heavy atom. The van der Waals surface area contributed by atoms with Crippen LogP contribution in [0.25, 0.3) is 0 Å². The molecule has 0 aliphatic carbocycles. The van der Waals surface area contributed by atoms with Crippen molar-refractivity contribution in [1.29, 1.82) is 0 Å². The van der Waals surface area contributed by atoms with E-state index in [-0.39, 0.29) is 22.4 Å². The predicted molar refractivity (Wildman–Crippen MR) is 103 cm³/mol. The van der Waals surface area contributed by atoms with Crippen LogP contribution in [0.5, 0.6) is 0 Å². The molecule has 1 fully saturated rings. The summed E-state index contributed by atoms with van der Waals surface area (Å²) in [5, 5.41) is 5.46. The first-order valence-electron chi connectivity index (χ1n) is 8.62. The highest BCUT2D eigenvalue weighted by Gasteiger charge is 2.26. The molecule has 0 bridgehead atoms. The normalized spacial score (nSPS) is 17.0. The molecule has 2 aromatic carbocycles. The molecule has 0 saturated carbocycles. The van der Waals surface area contributed by atoms with Crippen LogP contribution in [0.15, 0.2) is 47.4 Å². The van der Waals surface area contributed by atoms with Crippen molar-refractivity contribution in [3.63, 3.8) is 0 Å². The van der Waals surface area contributed by atoms with Gasteiger partial charge >= 0.3 is 6.03 Å². The van der Waals surface area contributed by atoms with Gasteiger partial charge in [0.05, 0.1) is 16.3 Å². The number of carbonyl (C=O) groups is 1. The number of aryl methyl sites for hydroxylation is 1. The summed E-state index contributed by atoms with van der Waals surface area (Å²) in [6.45, 7) is 2.80. The third-order valence-electron chi connectivity index (χ3n) is 4.55. The smallest absolute Gasteiger partial charge is 0.319 e. The Hall–Kier alpha value is -2.61. The highest BCUT2D eigenvalue weighted by Crippen LogP contribution is 2.26. The summed E-state index contributed by atoms with van der Waals surface area (Å²) in [5.41, 5.74) is 1.33. The number of anilines is 2. The number of benzene rings is 2. The summed E-state index contributed by atoms with van der Waals surface area (Å²) < 4.78 is 38.0. The third-order valence-corrected chi connectivity index (χ3v) is 5.83. The van der Waals surface area contributed by atoms with Crippen molar-refractivity contribution in [3.05, 3.63) is 53.8 Å². The van der Waals surface area contributed by atoms with Gasteiger partial charge in [-0.15, -0.1) is 0 Å². The van der Waals surface area contributed by atoms with Crippen LogP contribution in [0.1, 0.15) is 12.0 Å². The molecule has 2 N–H and O–H groups in total. The van der Waals surface area contributed by atoms with Crippen molar-refractivity contribution in [3.8, 4) is 0 Å². The van der Waals surface area contributed by atoms with Gasteiger partial charge in [0.2, 0.25) is 0 Å². The van der Waals surface area contributed by atoms with E-state index in [9.17, 15) is 17.6 Å². The largest absolute Gasteiger partial charge is 0.367 e. The minimum Gasteiger partial charge on any atom is -0.367 e. The zero-order valence-corrected chi connectivity index (χ0v) is 16.0. The number of hydrogen-bond donors (Lipinski definition) is 2. The van der Waals surface area contributed by atoms with Crippen molar-refractivity contribution in [2.45, 2.75) is 24.3 Å². The number of amides is 2. The molecule has 0 radical (unpaired) electrons. The summed E-state index contributed by atoms with van der Waals surface area (Å²) in [4.78, 5) is 14.4. The molecule has 2 amide bonds. The first-order chi connectivity index (χ1) is 12.8. The van der Waals surface area contributed by atoms with Gasteiger partial charge in [-0.2, -0.15) is 0 Å². The lowest BCUT2D eigenvalue weighted by Crippen LogP contribution is -2.40. The second-order valence-electron chi connectivity index (χ2n) is 6.71. The maximum absolute atomic E-state index is 13.9. The number of urea groups is 1. The van der Waals surface area contributed by atoms with Gasteiger partial charge in [-0.05, 0) is 37.1 Å². The lowest BCUT2D eigenvalue weighted by atomic mass is 10.2. The van der Waals surface area contributed by atoms with E-state index in [1.54, 1.807) is 43.3 Å². The van der Waals surface area contributed by atoms with Crippen molar-refractivity contribution in [2.24, 2.45) is 0 Å². The molecule has 1 saturated heterocycles. The zero-order valence-electron chi connectivity index (χ0n) is 15.2. The summed E-state index contributed by atoms with van der Waals surface area (Å²) in [5.74, 6) is -0.292. The van der Waals surface area contributed by atoms with Crippen LogP contribution in [0.3, 0.4) is 0 Å². The molecular formula is C19H22FN3O3S. The Kier molecular flexibility index (Phi) is 5.36. The number of nitrogens with zero attached hydrogens (tertiary/aromatic N) is 1. The monoisotopic (exact) mass is 391 g/mol. The maximum atomic E-state index is 13.9. The van der Waals surface area contributed by atoms with E-state index in [1.807, 2.05) is 4.90 Å². The Morgan fingerprint density at radius 2 is 1.93 bits per heavy atom. The molecule has 3 rings (SSSR count). The number of nitrogens with one attached hydrogen (secondary N) is 2. The molecule has 1 aliphatic rings. The van der Waals surface area contributed by atoms with Gasteiger partial charge in [-0.3, -0.25) is 0 Å². The minimum atomic E-state index is -3.48. The Morgan fingerprint density at radius 1 is 1.19 bits per heavy atom. The van der Waals surface area contributed by atoms with Crippen molar-refractivity contribution >= 4 is 27.2 Å². The van der Waals surface area contributed by atoms with E-state index < -0.39 is 15.9 Å². The average molecular weight is 391 g/mol. The van der Waals surface area contributed by atoms with Crippen LogP contribution in [0, 0.1) is 12.7 Å². The first kappa shape index (κ1) is 19.2. The van der Waals surface area contributed by atoms with Crippen LogP contribution in [-0.4, -0.2) is 39.8 Å². The fourth-order valence-electron chi connectivity index (χ4n) is 3.39. The molecule has 0 aromatic heterocycles. The molecule has 27 heavy (non-hydrogen) atoms. The SMILES string of the molecule is Cc1cccc(NC(=O)NC2CCN(c3ccccc3F)C2)c1S(C)(=O)=O. The average Bonchev–Trinajstić information content (AvgIpc) is 3.02. The number of carbonyl (C=O) groups excluding carboxylic acids is 1. The van der Waals surface area contributed by atoms with Gasteiger partial charge in [-0.25, -0.2) is 17.6 Å². The van der Waals surface area contributed by atoms with Crippen LogP contribution >= 0.6 is 0 Å². The zero-order chi connectivity index (χ0) is 19.6. The Balaban J connectivity index is 1.66. The van der Waals surface area contributed by atoms with Gasteiger partial charge in [0.25, 0.3) is 0 Å².